The van der Waals surface area contributed by atoms with Gasteiger partial charge in [-0.2, -0.15) is 0 Å². The molecule has 3 fully saturated rings. The smallest absolute Gasteiger partial charge is 0.417 e. The van der Waals surface area contributed by atoms with Crippen LogP contribution < -0.4 is 5.32 Å². The van der Waals surface area contributed by atoms with Gasteiger partial charge < -0.3 is 29.4 Å². The maximum absolute atomic E-state index is 11.9. The third kappa shape index (κ3) is 5.87. The van der Waals surface area contributed by atoms with Crippen LogP contribution in [-0.2, 0) is 28.5 Å². The molecule has 6 atom stereocenters. The first-order chi connectivity index (χ1) is 15.6. The lowest BCUT2D eigenvalue weighted by Gasteiger charge is -2.27. The van der Waals surface area contributed by atoms with Gasteiger partial charge in [0.1, 0.15) is 17.3 Å². The Bertz CT molecular complexity index is 886. The Hall–Kier alpha value is -2.66. The van der Waals surface area contributed by atoms with E-state index in [0.29, 0.717) is 5.57 Å². The first-order valence-corrected chi connectivity index (χ1v) is 11.3. The lowest BCUT2D eigenvalue weighted by atomic mass is 10.1. The van der Waals surface area contributed by atoms with Crippen molar-refractivity contribution in [2.24, 2.45) is 5.92 Å². The van der Waals surface area contributed by atoms with Crippen LogP contribution in [0.3, 0.4) is 0 Å². The van der Waals surface area contributed by atoms with Crippen molar-refractivity contribution < 1.29 is 43.2 Å². The number of likely N-dealkylation sites (tertiary alicyclic amines) is 1. The number of hydrogen-bond acceptors (Lipinski definition) is 9. The molecule has 4 rings (SSSR count). The van der Waals surface area contributed by atoms with E-state index in [1.807, 2.05) is 0 Å². The standard InChI is InChI=1S/C12H19NO5.C11H15NO4/c1-12(2,3)18-11(16)13-8-5-7(6-9(8)14)10(15)17-4;1-11(2,3)16-10(14)12-6-4-5(9(12)13)7-8(6)15-7/h6,8-9,14H,5H2,1-4H3,(H,13,16);5-8H,4H2,1-3H3/t8-,9-;5-,6+,7?,8?/m10/s1. The summed E-state index contributed by atoms with van der Waals surface area (Å²) in [6.45, 7) is 10.6. The van der Waals surface area contributed by atoms with E-state index in [2.05, 4.69) is 10.1 Å². The molecule has 0 spiro atoms. The number of piperidine rings is 1. The molecule has 2 saturated heterocycles. The Balaban J connectivity index is 0.000000191. The number of rotatable bonds is 2. The van der Waals surface area contributed by atoms with Crippen LogP contribution in [0.5, 0.6) is 0 Å². The van der Waals surface area contributed by atoms with E-state index in [1.165, 1.54) is 18.1 Å². The van der Waals surface area contributed by atoms with Crippen LogP contribution in [0.15, 0.2) is 11.6 Å². The molecule has 4 aliphatic rings. The Morgan fingerprint density at radius 2 is 1.71 bits per heavy atom. The number of nitrogens with zero attached hydrogens (tertiary/aromatic N) is 1. The zero-order chi connectivity index (χ0) is 25.6. The molecule has 0 aromatic carbocycles. The van der Waals surface area contributed by atoms with Crippen molar-refractivity contribution in [1.82, 2.24) is 10.2 Å². The lowest BCUT2D eigenvalue weighted by molar-refractivity contribution is -0.136. The summed E-state index contributed by atoms with van der Waals surface area (Å²) in [6.07, 6.45) is 0.456. The summed E-state index contributed by atoms with van der Waals surface area (Å²) in [4.78, 5) is 47.8. The number of alkyl carbamates (subject to hydrolysis) is 1. The van der Waals surface area contributed by atoms with Crippen molar-refractivity contribution in [3.05, 3.63) is 11.6 Å². The van der Waals surface area contributed by atoms with Crippen LogP contribution in [0.4, 0.5) is 9.59 Å². The number of aliphatic hydroxyl groups is 1. The molecule has 2 heterocycles. The van der Waals surface area contributed by atoms with Gasteiger partial charge in [0.2, 0.25) is 5.91 Å². The number of carbonyl (C=O) groups excluding carboxylic acids is 4. The van der Waals surface area contributed by atoms with Gasteiger partial charge in [-0.05, 0) is 54.0 Å². The Kier molecular flexibility index (Phi) is 7.01. The molecule has 0 aromatic rings. The highest BCUT2D eigenvalue weighted by atomic mass is 16.6. The molecule has 34 heavy (non-hydrogen) atoms. The van der Waals surface area contributed by atoms with Gasteiger partial charge in [0.05, 0.1) is 37.3 Å². The molecule has 1 saturated carbocycles. The zero-order valence-electron chi connectivity index (χ0n) is 20.6. The fourth-order valence-corrected chi connectivity index (χ4v) is 4.30. The van der Waals surface area contributed by atoms with Crippen molar-refractivity contribution in [3.8, 4) is 0 Å². The van der Waals surface area contributed by atoms with Gasteiger partial charge in [0.15, 0.2) is 0 Å². The van der Waals surface area contributed by atoms with Gasteiger partial charge in [-0.3, -0.25) is 4.79 Å². The fourth-order valence-electron chi connectivity index (χ4n) is 4.30. The van der Waals surface area contributed by atoms with Crippen LogP contribution in [0.1, 0.15) is 54.4 Å². The number of amides is 3. The highest BCUT2D eigenvalue weighted by Gasteiger charge is 2.68. The van der Waals surface area contributed by atoms with Crippen molar-refractivity contribution >= 4 is 24.1 Å². The second-order valence-corrected chi connectivity index (χ2v) is 10.8. The molecule has 2 aliphatic heterocycles. The van der Waals surface area contributed by atoms with Gasteiger partial charge in [0.25, 0.3) is 0 Å². The number of esters is 1. The highest BCUT2D eigenvalue weighted by Crippen LogP contribution is 2.51. The summed E-state index contributed by atoms with van der Waals surface area (Å²) in [5.74, 6) is -0.733. The molecule has 190 valence electrons. The molecule has 2 unspecified atom stereocenters. The number of aliphatic hydroxyl groups excluding tert-OH is 1. The largest absolute Gasteiger partial charge is 0.466 e. The molecule has 3 amide bonds. The van der Waals surface area contributed by atoms with Crippen LogP contribution >= 0.6 is 0 Å². The number of fused-ring (bicyclic) bond motifs is 5. The molecular weight excluding hydrogens is 448 g/mol. The molecule has 2 bridgehead atoms. The zero-order valence-corrected chi connectivity index (χ0v) is 20.6. The summed E-state index contributed by atoms with van der Waals surface area (Å²) < 4.78 is 20.2. The van der Waals surface area contributed by atoms with Gasteiger partial charge >= 0.3 is 18.2 Å². The van der Waals surface area contributed by atoms with E-state index in [9.17, 15) is 24.3 Å². The number of ether oxygens (including phenoxy) is 4. The topological polar surface area (TPSA) is 144 Å². The SMILES string of the molecule is CC(C)(C)OC(=O)N1C(=O)[C@H]2C[C@@H]1C1OC12.COC(=O)C1=C[C@@H](O)[C@H](NC(=O)OC(C)(C)C)C1. The number of hydrogen-bond donors (Lipinski definition) is 2. The van der Waals surface area contributed by atoms with Crippen molar-refractivity contribution in [2.45, 2.75) is 96.0 Å². The first kappa shape index (κ1) is 26.0. The number of nitrogens with one attached hydrogen (secondary N) is 1. The number of epoxide rings is 1. The summed E-state index contributed by atoms with van der Waals surface area (Å²) in [7, 11) is 1.27. The van der Waals surface area contributed by atoms with Crippen molar-refractivity contribution in [2.75, 3.05) is 7.11 Å². The van der Waals surface area contributed by atoms with Gasteiger partial charge in [-0.1, -0.05) is 0 Å². The molecule has 0 radical (unpaired) electrons. The second kappa shape index (κ2) is 9.18. The van der Waals surface area contributed by atoms with Gasteiger partial charge in [-0.15, -0.1) is 0 Å². The minimum absolute atomic E-state index is 0.0789. The molecule has 11 nitrogen and oxygen atoms in total. The fraction of sp³-hybridized carbons (Fsp3) is 0.739. The minimum atomic E-state index is -0.911. The number of imide groups is 1. The highest BCUT2D eigenvalue weighted by molar-refractivity contribution is 5.97. The van der Waals surface area contributed by atoms with E-state index in [1.54, 1.807) is 41.5 Å². The predicted molar refractivity (Wildman–Crippen MR) is 118 cm³/mol. The number of methoxy groups -OCH3 is 1. The molecule has 2 N–H and O–H groups in total. The third-order valence-electron chi connectivity index (χ3n) is 5.68. The summed E-state index contributed by atoms with van der Waals surface area (Å²) in [6, 6.07) is -0.647. The quantitative estimate of drug-likeness (QED) is 0.341. The van der Waals surface area contributed by atoms with E-state index < -0.39 is 41.5 Å². The first-order valence-electron chi connectivity index (χ1n) is 11.3. The summed E-state index contributed by atoms with van der Waals surface area (Å²) in [5.41, 5.74) is -0.819. The Morgan fingerprint density at radius 3 is 2.24 bits per heavy atom. The van der Waals surface area contributed by atoms with Crippen LogP contribution in [0, 0.1) is 5.92 Å². The minimum Gasteiger partial charge on any atom is -0.466 e. The molecule has 2 aliphatic carbocycles. The maximum atomic E-state index is 11.9. The molecular formula is C23H34N2O9. The summed E-state index contributed by atoms with van der Waals surface area (Å²) >= 11 is 0. The average Bonchev–Trinajstić information content (AvgIpc) is 3.14. The molecule has 0 aromatic heterocycles. The number of carbonyl (C=O) groups is 4. The van der Waals surface area contributed by atoms with Crippen molar-refractivity contribution in [1.29, 1.82) is 0 Å². The average molecular weight is 483 g/mol. The Morgan fingerprint density at radius 1 is 1.09 bits per heavy atom. The summed E-state index contributed by atoms with van der Waals surface area (Å²) in [5, 5.41) is 12.2. The van der Waals surface area contributed by atoms with Gasteiger partial charge in [0, 0.05) is 12.0 Å². The van der Waals surface area contributed by atoms with Crippen LogP contribution in [-0.4, -0.2) is 82.8 Å². The molecule has 11 heteroatoms. The lowest BCUT2D eigenvalue weighted by Crippen LogP contribution is -2.47. The van der Waals surface area contributed by atoms with Crippen LogP contribution in [0.25, 0.3) is 0 Å². The predicted octanol–water partition coefficient (Wildman–Crippen LogP) is 1.66. The monoisotopic (exact) mass is 482 g/mol. The van der Waals surface area contributed by atoms with E-state index >= 15 is 0 Å². The van der Waals surface area contributed by atoms with Gasteiger partial charge in [-0.25, -0.2) is 19.3 Å². The van der Waals surface area contributed by atoms with Crippen molar-refractivity contribution in [3.63, 3.8) is 0 Å². The normalized spacial score (nSPS) is 31.1. The Labute approximate surface area is 198 Å². The van der Waals surface area contributed by atoms with E-state index in [4.69, 9.17) is 14.2 Å². The maximum Gasteiger partial charge on any atom is 0.417 e. The van der Waals surface area contributed by atoms with E-state index in [0.717, 1.165) is 6.42 Å². The van der Waals surface area contributed by atoms with E-state index in [-0.39, 0.29) is 36.5 Å². The third-order valence-corrected chi connectivity index (χ3v) is 5.68. The second-order valence-electron chi connectivity index (χ2n) is 10.8. The van der Waals surface area contributed by atoms with Crippen LogP contribution in [0.2, 0.25) is 0 Å².